The van der Waals surface area contributed by atoms with Gasteiger partial charge >= 0.3 is 6.03 Å². The number of carbonyl (C=O) groups is 1. The number of benzene rings is 1. The van der Waals surface area contributed by atoms with Gasteiger partial charge in [-0.2, -0.15) is 0 Å². The Hall–Kier alpha value is -4.33. The van der Waals surface area contributed by atoms with Crippen LogP contribution in [0.2, 0.25) is 0 Å². The Bertz CT molecular complexity index is 1460. The zero-order valence-electron chi connectivity index (χ0n) is 20.5. The molecule has 13 nitrogen and oxygen atoms in total. The van der Waals surface area contributed by atoms with Crippen LogP contribution >= 0.6 is 0 Å². The molecule has 6 rings (SSSR count). The molecule has 3 N–H and O–H groups in total. The maximum absolute atomic E-state index is 12.6. The first-order valence-electron chi connectivity index (χ1n) is 12.0. The van der Waals surface area contributed by atoms with Crippen molar-refractivity contribution in [2.24, 2.45) is 0 Å². The first kappa shape index (κ1) is 24.0. The summed E-state index contributed by atoms with van der Waals surface area (Å²) < 4.78 is 26.1. The van der Waals surface area contributed by atoms with Crippen molar-refractivity contribution < 1.29 is 28.8 Å². The largest absolute Gasteiger partial charge is 0.503 e. The second-order valence-electron chi connectivity index (χ2n) is 9.26. The lowest BCUT2D eigenvalue weighted by molar-refractivity contribution is -0.199. The molecule has 0 spiro atoms. The van der Waals surface area contributed by atoms with Crippen molar-refractivity contribution in [2.75, 3.05) is 17.2 Å². The predicted molar refractivity (Wildman–Crippen MR) is 134 cm³/mol. The highest BCUT2D eigenvalue weighted by atomic mass is 16.8. The molecule has 196 valence electrons. The van der Waals surface area contributed by atoms with Crippen molar-refractivity contribution in [3.05, 3.63) is 61.3 Å². The van der Waals surface area contributed by atoms with Crippen LogP contribution in [0.1, 0.15) is 20.1 Å². The molecule has 38 heavy (non-hydrogen) atoms. The van der Waals surface area contributed by atoms with Crippen LogP contribution in [0.3, 0.4) is 0 Å². The number of imidazole rings is 1. The molecule has 5 heterocycles. The number of amides is 2. The Kier molecular flexibility index (Phi) is 6.02. The van der Waals surface area contributed by atoms with Crippen LogP contribution in [-0.4, -0.2) is 66.3 Å². The monoisotopic (exact) mass is 519 g/mol. The van der Waals surface area contributed by atoms with Crippen molar-refractivity contribution >= 4 is 28.7 Å². The number of ether oxygens (including phenoxy) is 4. The molecule has 1 aromatic carbocycles. The number of rotatable bonds is 6. The van der Waals surface area contributed by atoms with Crippen LogP contribution in [0.4, 0.5) is 16.3 Å². The average Bonchev–Trinajstić information content (AvgIpc) is 3.55. The molecule has 0 aliphatic carbocycles. The first-order chi connectivity index (χ1) is 18.4. The van der Waals surface area contributed by atoms with Gasteiger partial charge in [0.1, 0.15) is 31.2 Å². The second kappa shape index (κ2) is 9.52. The quantitative estimate of drug-likeness (QED) is 0.346. The number of anilines is 2. The maximum atomic E-state index is 12.6. The average molecular weight is 520 g/mol. The topological polar surface area (TPSA) is 155 Å². The number of nitrogens with zero attached hydrogens (tertiary/aromatic N) is 5. The maximum Gasteiger partial charge on any atom is 0.324 e. The molecular weight excluding hydrogens is 494 g/mol. The number of nitrogens with one attached hydrogen (secondary N) is 2. The fourth-order valence-corrected chi connectivity index (χ4v) is 4.59. The van der Waals surface area contributed by atoms with Gasteiger partial charge in [0.25, 0.3) is 5.88 Å². The lowest BCUT2D eigenvalue weighted by atomic mass is 10.1. The molecule has 4 aromatic rings. The summed E-state index contributed by atoms with van der Waals surface area (Å²) in [7, 11) is 0. The minimum atomic E-state index is -0.851. The number of hydrogen-bond acceptors (Lipinski definition) is 10. The molecule has 3 aromatic heterocycles. The summed E-state index contributed by atoms with van der Waals surface area (Å²) >= 11 is 0. The molecule has 0 radical (unpaired) electrons. The van der Waals surface area contributed by atoms with E-state index >= 15 is 0 Å². The van der Waals surface area contributed by atoms with Gasteiger partial charge in [-0.25, -0.2) is 24.7 Å². The highest BCUT2D eigenvalue weighted by molar-refractivity contribution is 6.02. The number of fused-ring (bicyclic) bond motifs is 2. The number of aromatic hydroxyl groups is 1. The van der Waals surface area contributed by atoms with Crippen molar-refractivity contribution in [1.29, 1.82) is 0 Å². The van der Waals surface area contributed by atoms with E-state index in [-0.39, 0.29) is 24.1 Å². The summed E-state index contributed by atoms with van der Waals surface area (Å²) in [6.45, 7) is 3.72. The lowest BCUT2D eigenvalue weighted by Crippen LogP contribution is -2.34. The van der Waals surface area contributed by atoms with Crippen LogP contribution in [-0.2, 0) is 14.2 Å². The number of urea groups is 1. The van der Waals surface area contributed by atoms with E-state index in [1.54, 1.807) is 29.1 Å². The van der Waals surface area contributed by atoms with Gasteiger partial charge in [0, 0.05) is 11.9 Å². The molecule has 2 fully saturated rings. The third kappa shape index (κ3) is 4.58. The van der Waals surface area contributed by atoms with Gasteiger partial charge in [0.2, 0.25) is 0 Å². The Balaban J connectivity index is 1.24. The zero-order chi connectivity index (χ0) is 26.3. The van der Waals surface area contributed by atoms with Crippen molar-refractivity contribution in [1.82, 2.24) is 24.5 Å². The Labute approximate surface area is 216 Å². The predicted octanol–water partition coefficient (Wildman–Crippen LogP) is 3.07. The van der Waals surface area contributed by atoms with Crippen molar-refractivity contribution in [3.8, 4) is 11.6 Å². The molecule has 2 saturated heterocycles. The summed E-state index contributed by atoms with van der Waals surface area (Å²) in [5, 5.41) is 15.5. The summed E-state index contributed by atoms with van der Waals surface area (Å²) in [4.78, 5) is 29.6. The Morgan fingerprint density at radius 3 is 2.68 bits per heavy atom. The van der Waals surface area contributed by atoms with Crippen molar-refractivity contribution in [2.45, 2.75) is 44.2 Å². The van der Waals surface area contributed by atoms with Gasteiger partial charge in [0.15, 0.2) is 34.7 Å². The summed E-state index contributed by atoms with van der Waals surface area (Å²) in [5.41, 5.74) is 1.46. The van der Waals surface area contributed by atoms with E-state index in [0.29, 0.717) is 16.9 Å². The Morgan fingerprint density at radius 2 is 1.87 bits per heavy atom. The van der Waals surface area contributed by atoms with E-state index in [4.69, 9.17) is 18.9 Å². The summed E-state index contributed by atoms with van der Waals surface area (Å²) in [5.74, 6) is -0.585. The molecule has 2 amide bonds. The normalized spacial score (nSPS) is 23.7. The SMILES string of the molecule is CC1(C)OC2C(COc3ncccc3O)OC(n3cnc4c(NC(=O)Nc5ccccc5)ncnc43)C2O1. The zero-order valence-corrected chi connectivity index (χ0v) is 20.5. The van der Waals surface area contributed by atoms with E-state index in [1.807, 2.05) is 32.0 Å². The number of pyridine rings is 1. The van der Waals surface area contributed by atoms with E-state index in [9.17, 15) is 9.90 Å². The van der Waals surface area contributed by atoms with Gasteiger partial charge in [-0.15, -0.1) is 0 Å². The minimum Gasteiger partial charge on any atom is -0.503 e. The highest BCUT2D eigenvalue weighted by Gasteiger charge is 2.56. The number of hydrogen-bond donors (Lipinski definition) is 3. The third-order valence-electron chi connectivity index (χ3n) is 6.16. The molecule has 13 heteroatoms. The van der Waals surface area contributed by atoms with Crippen LogP contribution in [0.5, 0.6) is 11.6 Å². The van der Waals surface area contributed by atoms with Crippen LogP contribution in [0.25, 0.3) is 11.2 Å². The fraction of sp³-hybridized carbons (Fsp3) is 0.320. The molecule has 0 saturated carbocycles. The molecule has 0 bridgehead atoms. The summed E-state index contributed by atoms with van der Waals surface area (Å²) in [6.07, 6.45) is 2.27. The standard InChI is InChI=1S/C25H25N7O6/c1-25(2)37-18-16(11-35-22-15(33)9-6-10-26-22)36-23(19(18)38-25)32-13-29-17-20(27-12-28-21(17)32)31-24(34)30-14-7-4-3-5-8-14/h3-10,12-13,16,18-19,23,33H,11H2,1-2H3,(H2,27,28,30,31,34). The smallest absolute Gasteiger partial charge is 0.324 e. The van der Waals surface area contributed by atoms with Gasteiger partial charge in [-0.1, -0.05) is 18.2 Å². The van der Waals surface area contributed by atoms with E-state index < -0.39 is 36.4 Å². The molecular formula is C25H25N7O6. The number of para-hydroxylation sites is 1. The molecule has 2 aliphatic rings. The van der Waals surface area contributed by atoms with E-state index in [1.165, 1.54) is 18.6 Å². The van der Waals surface area contributed by atoms with Gasteiger partial charge in [0.05, 0.1) is 6.33 Å². The van der Waals surface area contributed by atoms with Crippen LogP contribution in [0, 0.1) is 0 Å². The summed E-state index contributed by atoms with van der Waals surface area (Å²) in [6, 6.07) is 11.7. The molecule has 2 aliphatic heterocycles. The minimum absolute atomic E-state index is 0.0652. The second-order valence-corrected chi connectivity index (χ2v) is 9.26. The van der Waals surface area contributed by atoms with Gasteiger partial charge in [-0.3, -0.25) is 9.88 Å². The first-order valence-corrected chi connectivity index (χ1v) is 12.0. The molecule has 4 atom stereocenters. The highest BCUT2D eigenvalue weighted by Crippen LogP contribution is 2.44. The van der Waals surface area contributed by atoms with Gasteiger partial charge in [-0.05, 0) is 38.1 Å². The Morgan fingerprint density at radius 1 is 1.05 bits per heavy atom. The van der Waals surface area contributed by atoms with Crippen LogP contribution < -0.4 is 15.4 Å². The number of carbonyl (C=O) groups excluding carboxylic acids is 1. The van der Waals surface area contributed by atoms with Crippen molar-refractivity contribution in [3.63, 3.8) is 0 Å². The third-order valence-corrected chi connectivity index (χ3v) is 6.16. The number of aromatic nitrogens is 5. The fourth-order valence-electron chi connectivity index (χ4n) is 4.59. The van der Waals surface area contributed by atoms with Gasteiger partial charge < -0.3 is 29.4 Å². The lowest BCUT2D eigenvalue weighted by Gasteiger charge is -2.24. The molecule has 4 unspecified atom stereocenters. The van der Waals surface area contributed by atoms with E-state index in [2.05, 4.69) is 30.6 Å². The van der Waals surface area contributed by atoms with E-state index in [0.717, 1.165) is 0 Å². The van der Waals surface area contributed by atoms with Crippen LogP contribution in [0.15, 0.2) is 61.3 Å².